The van der Waals surface area contributed by atoms with Crippen molar-refractivity contribution < 1.29 is 18.3 Å². The lowest BCUT2D eigenvalue weighted by Gasteiger charge is -2.39. The SMILES string of the molecule is CC(O)(CC1CC2CC1C1C3C=CC(C3)C21)C(F)(F)F. The van der Waals surface area contributed by atoms with E-state index in [0.717, 1.165) is 25.7 Å². The van der Waals surface area contributed by atoms with Crippen molar-refractivity contribution in [3.05, 3.63) is 12.2 Å². The van der Waals surface area contributed by atoms with Gasteiger partial charge in [0.25, 0.3) is 0 Å². The summed E-state index contributed by atoms with van der Waals surface area (Å²) in [4.78, 5) is 0. The summed E-state index contributed by atoms with van der Waals surface area (Å²) >= 11 is 0. The summed E-state index contributed by atoms with van der Waals surface area (Å²) in [5.74, 6) is 3.74. The zero-order valence-corrected chi connectivity index (χ0v) is 11.6. The van der Waals surface area contributed by atoms with E-state index < -0.39 is 11.8 Å². The highest BCUT2D eigenvalue weighted by Gasteiger charge is 2.62. The number of hydrogen-bond acceptors (Lipinski definition) is 1. The maximum absolute atomic E-state index is 12.9. The highest BCUT2D eigenvalue weighted by Crippen LogP contribution is 2.67. The molecule has 0 spiro atoms. The van der Waals surface area contributed by atoms with Gasteiger partial charge in [-0.1, -0.05) is 12.2 Å². The van der Waals surface area contributed by atoms with Crippen LogP contribution in [0.3, 0.4) is 0 Å². The Balaban J connectivity index is 1.53. The molecular weight excluding hydrogens is 265 g/mol. The molecule has 0 heterocycles. The predicted octanol–water partition coefficient (Wildman–Crippen LogP) is 3.78. The average molecular weight is 286 g/mol. The van der Waals surface area contributed by atoms with Gasteiger partial charge in [0.1, 0.15) is 0 Å². The Morgan fingerprint density at radius 1 is 1.05 bits per heavy atom. The van der Waals surface area contributed by atoms with E-state index in [2.05, 4.69) is 12.2 Å². The summed E-state index contributed by atoms with van der Waals surface area (Å²) in [5, 5.41) is 9.77. The molecular formula is C16H21F3O. The molecule has 0 radical (unpaired) electrons. The smallest absolute Gasteiger partial charge is 0.381 e. The van der Waals surface area contributed by atoms with E-state index in [1.54, 1.807) is 0 Å². The minimum Gasteiger partial charge on any atom is -0.381 e. The van der Waals surface area contributed by atoms with Crippen LogP contribution in [0.15, 0.2) is 12.2 Å². The zero-order valence-electron chi connectivity index (χ0n) is 11.6. The lowest BCUT2D eigenvalue weighted by atomic mass is 9.67. The van der Waals surface area contributed by atoms with Crippen molar-refractivity contribution in [3.63, 3.8) is 0 Å². The molecule has 8 unspecified atom stereocenters. The number of fused-ring (bicyclic) bond motifs is 9. The minimum absolute atomic E-state index is 0.0608. The normalized spacial score (nSPS) is 51.5. The zero-order chi connectivity index (χ0) is 14.3. The largest absolute Gasteiger partial charge is 0.416 e. The molecule has 0 aliphatic heterocycles. The number of hydrogen-bond donors (Lipinski definition) is 1. The fraction of sp³-hybridized carbons (Fsp3) is 0.875. The van der Waals surface area contributed by atoms with Crippen LogP contribution in [0, 0.1) is 41.4 Å². The molecule has 1 nitrogen and oxygen atoms in total. The number of aliphatic hydroxyl groups is 1. The molecule has 3 saturated carbocycles. The maximum atomic E-state index is 12.9. The Morgan fingerprint density at radius 2 is 1.70 bits per heavy atom. The van der Waals surface area contributed by atoms with Crippen molar-refractivity contribution in [2.24, 2.45) is 41.4 Å². The number of halogens is 3. The molecule has 0 aromatic carbocycles. The minimum atomic E-state index is -4.51. The lowest BCUT2D eigenvalue weighted by molar-refractivity contribution is -0.260. The fourth-order valence-electron chi connectivity index (χ4n) is 6.01. The highest BCUT2D eigenvalue weighted by molar-refractivity contribution is 5.20. The third-order valence-electron chi connectivity index (χ3n) is 6.68. The van der Waals surface area contributed by atoms with Gasteiger partial charge < -0.3 is 5.11 Å². The Kier molecular flexibility index (Phi) is 2.51. The Bertz CT molecular complexity index is 453. The van der Waals surface area contributed by atoms with Crippen LogP contribution >= 0.6 is 0 Å². The number of rotatable bonds is 2. The van der Waals surface area contributed by atoms with Gasteiger partial charge in [-0.2, -0.15) is 13.2 Å². The Hall–Kier alpha value is -0.510. The molecule has 1 N–H and O–H groups in total. The molecule has 0 amide bonds. The molecule has 20 heavy (non-hydrogen) atoms. The fourth-order valence-corrected chi connectivity index (χ4v) is 6.01. The second-order valence-electron chi connectivity index (χ2n) is 7.73. The van der Waals surface area contributed by atoms with Crippen LogP contribution in [-0.2, 0) is 0 Å². The second-order valence-corrected chi connectivity index (χ2v) is 7.73. The lowest BCUT2D eigenvalue weighted by Crippen LogP contribution is -2.45. The molecule has 4 heteroatoms. The summed E-state index contributed by atoms with van der Waals surface area (Å²) in [6, 6.07) is 0. The summed E-state index contributed by atoms with van der Waals surface area (Å²) in [6.45, 7) is 0.942. The standard InChI is InChI=1S/C16H21F3O/c1-15(20,16(17,18)19)7-11-5-10-6-12(11)14-9-3-2-8(4-9)13(10)14/h2-3,8-14,20H,4-7H2,1H3. The first-order chi connectivity index (χ1) is 9.28. The van der Waals surface area contributed by atoms with Crippen LogP contribution in [0.1, 0.15) is 32.6 Å². The second kappa shape index (κ2) is 3.82. The Labute approximate surface area is 117 Å². The van der Waals surface area contributed by atoms with Gasteiger partial charge in [0.2, 0.25) is 0 Å². The molecule has 112 valence electrons. The van der Waals surface area contributed by atoms with Crippen molar-refractivity contribution >= 4 is 0 Å². The molecule has 4 rings (SSSR count). The monoisotopic (exact) mass is 286 g/mol. The van der Waals surface area contributed by atoms with Crippen LogP contribution in [0.25, 0.3) is 0 Å². The van der Waals surface area contributed by atoms with E-state index in [1.807, 2.05) is 0 Å². The molecule has 0 saturated heterocycles. The van der Waals surface area contributed by atoms with Gasteiger partial charge in [0, 0.05) is 0 Å². The summed E-state index contributed by atoms with van der Waals surface area (Å²) in [6.07, 6.45) is 3.24. The first-order valence-corrected chi connectivity index (χ1v) is 7.75. The average Bonchev–Trinajstić information content (AvgIpc) is 3.04. The van der Waals surface area contributed by atoms with Crippen molar-refractivity contribution in [1.29, 1.82) is 0 Å². The van der Waals surface area contributed by atoms with E-state index in [4.69, 9.17) is 0 Å². The third-order valence-corrected chi connectivity index (χ3v) is 6.68. The molecule has 3 fully saturated rings. The van der Waals surface area contributed by atoms with Crippen molar-refractivity contribution in [3.8, 4) is 0 Å². The predicted molar refractivity (Wildman–Crippen MR) is 68.7 cm³/mol. The molecule has 4 aliphatic rings. The van der Waals surface area contributed by atoms with E-state index in [-0.39, 0.29) is 12.3 Å². The van der Waals surface area contributed by atoms with Gasteiger partial charge in [-0.3, -0.25) is 0 Å². The highest BCUT2D eigenvalue weighted by atomic mass is 19.4. The van der Waals surface area contributed by atoms with Gasteiger partial charge in [-0.25, -0.2) is 0 Å². The van der Waals surface area contributed by atoms with Gasteiger partial charge in [0.15, 0.2) is 5.60 Å². The van der Waals surface area contributed by atoms with Gasteiger partial charge in [0.05, 0.1) is 0 Å². The van der Waals surface area contributed by atoms with E-state index >= 15 is 0 Å². The van der Waals surface area contributed by atoms with Crippen LogP contribution < -0.4 is 0 Å². The summed E-state index contributed by atoms with van der Waals surface area (Å²) < 4.78 is 38.7. The molecule has 0 aromatic heterocycles. The molecule has 0 aromatic rings. The van der Waals surface area contributed by atoms with Gasteiger partial charge in [-0.15, -0.1) is 0 Å². The molecule has 4 aliphatic carbocycles. The van der Waals surface area contributed by atoms with Crippen molar-refractivity contribution in [2.75, 3.05) is 0 Å². The topological polar surface area (TPSA) is 20.2 Å². The molecule has 4 bridgehead atoms. The molecule has 8 atom stereocenters. The number of alkyl halides is 3. The van der Waals surface area contributed by atoms with Crippen LogP contribution in [0.5, 0.6) is 0 Å². The third kappa shape index (κ3) is 1.60. The van der Waals surface area contributed by atoms with E-state index in [1.165, 1.54) is 6.42 Å². The van der Waals surface area contributed by atoms with Gasteiger partial charge in [-0.05, 0) is 74.0 Å². The Morgan fingerprint density at radius 3 is 2.35 bits per heavy atom. The van der Waals surface area contributed by atoms with Crippen LogP contribution in [-0.4, -0.2) is 16.9 Å². The number of allylic oxidation sites excluding steroid dienone is 2. The summed E-state index contributed by atoms with van der Waals surface area (Å²) in [5.41, 5.74) is -2.52. The first kappa shape index (κ1) is 13.2. The van der Waals surface area contributed by atoms with Crippen molar-refractivity contribution in [2.45, 2.75) is 44.4 Å². The van der Waals surface area contributed by atoms with E-state index in [9.17, 15) is 18.3 Å². The van der Waals surface area contributed by atoms with Crippen LogP contribution in [0.4, 0.5) is 13.2 Å². The quantitative estimate of drug-likeness (QED) is 0.605. The maximum Gasteiger partial charge on any atom is 0.416 e. The first-order valence-electron chi connectivity index (χ1n) is 7.75. The van der Waals surface area contributed by atoms with E-state index in [0.29, 0.717) is 29.6 Å². The van der Waals surface area contributed by atoms with Crippen molar-refractivity contribution in [1.82, 2.24) is 0 Å². The van der Waals surface area contributed by atoms with Gasteiger partial charge >= 0.3 is 6.18 Å². The summed E-state index contributed by atoms with van der Waals surface area (Å²) in [7, 11) is 0. The van der Waals surface area contributed by atoms with Crippen LogP contribution in [0.2, 0.25) is 0 Å².